The molecule has 0 N–H and O–H groups in total. The van der Waals surface area contributed by atoms with E-state index in [1.807, 2.05) is 23.5 Å². The fourth-order valence-electron chi connectivity index (χ4n) is 11.4. The number of anilines is 3. The van der Waals surface area contributed by atoms with Crippen molar-refractivity contribution in [2.45, 2.75) is 5.41 Å². The second-order valence-electron chi connectivity index (χ2n) is 18.3. The summed E-state index contributed by atoms with van der Waals surface area (Å²) in [5.41, 5.74) is 19.2. The molecule has 328 valence electrons. The van der Waals surface area contributed by atoms with Crippen molar-refractivity contribution in [1.82, 2.24) is 0 Å². The van der Waals surface area contributed by atoms with E-state index in [1.165, 1.54) is 75.8 Å². The minimum absolute atomic E-state index is 0.523. The van der Waals surface area contributed by atoms with Gasteiger partial charge in [-0.25, -0.2) is 0 Å². The van der Waals surface area contributed by atoms with Gasteiger partial charge in [0.05, 0.1) is 11.1 Å². The summed E-state index contributed by atoms with van der Waals surface area (Å²) in [5, 5.41) is 4.90. The third-order valence-corrected chi connectivity index (χ3v) is 15.8. The van der Waals surface area contributed by atoms with Gasteiger partial charge < -0.3 is 9.32 Å². The quantitative estimate of drug-likeness (QED) is 0.151. The number of benzene rings is 11. The number of rotatable bonds is 8. The van der Waals surface area contributed by atoms with E-state index in [4.69, 9.17) is 4.42 Å². The van der Waals surface area contributed by atoms with Gasteiger partial charge in [0.25, 0.3) is 0 Å². The molecule has 1 aliphatic rings. The zero-order chi connectivity index (χ0) is 46.2. The van der Waals surface area contributed by atoms with Crippen molar-refractivity contribution < 1.29 is 4.42 Å². The molecule has 13 aromatic rings. The topological polar surface area (TPSA) is 16.4 Å². The van der Waals surface area contributed by atoms with Gasteiger partial charge in [0.15, 0.2) is 0 Å². The maximum absolute atomic E-state index is 6.34. The highest BCUT2D eigenvalue weighted by molar-refractivity contribution is 7.26. The first kappa shape index (κ1) is 40.3. The van der Waals surface area contributed by atoms with Gasteiger partial charge in [-0.2, -0.15) is 0 Å². The van der Waals surface area contributed by atoms with E-state index < -0.39 is 5.41 Å². The summed E-state index contributed by atoms with van der Waals surface area (Å²) in [7, 11) is 0. The lowest BCUT2D eigenvalue weighted by atomic mass is 9.68. The van der Waals surface area contributed by atoms with Gasteiger partial charge in [-0.05, 0) is 122 Å². The molecule has 2 nitrogen and oxygen atoms in total. The van der Waals surface area contributed by atoms with E-state index in [0.29, 0.717) is 0 Å². The molecule has 0 saturated carbocycles. The van der Waals surface area contributed by atoms with Crippen LogP contribution >= 0.6 is 11.3 Å². The molecule has 0 unspecified atom stereocenters. The molecule has 2 aromatic heterocycles. The molecule has 3 heteroatoms. The van der Waals surface area contributed by atoms with E-state index in [-0.39, 0.29) is 0 Å². The van der Waals surface area contributed by atoms with Crippen LogP contribution in [0.5, 0.6) is 0 Å². The maximum atomic E-state index is 6.34. The Hall–Kier alpha value is -8.76. The lowest BCUT2D eigenvalue weighted by Crippen LogP contribution is -2.28. The zero-order valence-corrected chi connectivity index (χ0v) is 38.9. The van der Waals surface area contributed by atoms with Crippen LogP contribution in [0.4, 0.5) is 17.1 Å². The fraction of sp³-hybridized carbons (Fsp3) is 0.0149. The Morgan fingerprint density at radius 2 is 0.886 bits per heavy atom. The number of para-hydroxylation sites is 1. The van der Waals surface area contributed by atoms with Crippen LogP contribution in [0.2, 0.25) is 0 Å². The van der Waals surface area contributed by atoms with Crippen LogP contribution in [0, 0.1) is 0 Å². The maximum Gasteiger partial charge on any atom is 0.136 e. The van der Waals surface area contributed by atoms with Gasteiger partial charge in [-0.1, -0.05) is 200 Å². The molecule has 0 aliphatic heterocycles. The Labute approximate surface area is 410 Å². The van der Waals surface area contributed by atoms with Crippen LogP contribution in [-0.2, 0) is 5.41 Å². The van der Waals surface area contributed by atoms with Crippen molar-refractivity contribution in [2.24, 2.45) is 0 Å². The van der Waals surface area contributed by atoms with E-state index >= 15 is 0 Å². The highest BCUT2D eigenvalue weighted by Crippen LogP contribution is 2.59. The second-order valence-corrected chi connectivity index (χ2v) is 19.4. The van der Waals surface area contributed by atoms with E-state index in [0.717, 1.165) is 50.1 Å². The summed E-state index contributed by atoms with van der Waals surface area (Å²) >= 11 is 1.88. The zero-order valence-electron chi connectivity index (χ0n) is 38.1. The Balaban J connectivity index is 0.921. The van der Waals surface area contributed by atoms with Crippen molar-refractivity contribution in [3.8, 4) is 44.5 Å². The van der Waals surface area contributed by atoms with Crippen LogP contribution in [-0.4, -0.2) is 0 Å². The molecular formula is C67H43NOS. The van der Waals surface area contributed by atoms with E-state index in [9.17, 15) is 0 Å². The first-order valence-electron chi connectivity index (χ1n) is 24.0. The van der Waals surface area contributed by atoms with Crippen LogP contribution < -0.4 is 4.90 Å². The predicted octanol–water partition coefficient (Wildman–Crippen LogP) is 18.8. The van der Waals surface area contributed by atoms with Gasteiger partial charge in [0, 0.05) is 47.9 Å². The summed E-state index contributed by atoms with van der Waals surface area (Å²) in [5.74, 6) is 0. The standard InChI is InChI=1S/C67H43NOS/c1-3-18-49(19-4-1)67(50-20-5-2-6-21-50)59-27-10-7-24-58(59)65-60(67)28-15-29-61(65)68(52-39-34-45(35-40-52)47-36-41-55-54-22-8-11-30-62(54)69-63(55)43-47)51-37-32-44(33-38-51)46-16-13-17-48(42-46)53-25-14-26-57-56-23-9-12-31-64(56)70-66(53)57/h1-43H. The lowest BCUT2D eigenvalue weighted by molar-refractivity contribution is 0.669. The van der Waals surface area contributed by atoms with Crippen molar-refractivity contribution in [3.05, 3.63) is 283 Å². The Morgan fingerprint density at radius 3 is 1.64 bits per heavy atom. The molecule has 0 spiro atoms. The molecule has 0 radical (unpaired) electrons. The lowest BCUT2D eigenvalue weighted by Gasteiger charge is -2.34. The minimum Gasteiger partial charge on any atom is -0.456 e. The number of nitrogens with zero attached hydrogens (tertiary/aromatic N) is 1. The van der Waals surface area contributed by atoms with Crippen molar-refractivity contribution in [1.29, 1.82) is 0 Å². The molecule has 1 aliphatic carbocycles. The third kappa shape index (κ3) is 6.25. The summed E-state index contributed by atoms with van der Waals surface area (Å²) in [4.78, 5) is 2.45. The average Bonchev–Trinajstić information content (AvgIpc) is 4.11. The minimum atomic E-state index is -0.523. The van der Waals surface area contributed by atoms with Crippen molar-refractivity contribution >= 4 is 70.5 Å². The molecule has 11 aromatic carbocycles. The highest BCUT2D eigenvalue weighted by Gasteiger charge is 2.47. The molecule has 0 atom stereocenters. The number of hydrogen-bond donors (Lipinski definition) is 0. The average molecular weight is 910 g/mol. The molecule has 0 fully saturated rings. The third-order valence-electron chi connectivity index (χ3n) is 14.6. The summed E-state index contributed by atoms with van der Waals surface area (Å²) in [6, 6.07) is 95.5. The number of furan rings is 1. The van der Waals surface area contributed by atoms with Crippen LogP contribution in [0.1, 0.15) is 22.3 Å². The molecule has 0 saturated heterocycles. The first-order valence-corrected chi connectivity index (χ1v) is 24.8. The largest absolute Gasteiger partial charge is 0.456 e. The highest BCUT2D eigenvalue weighted by atomic mass is 32.1. The van der Waals surface area contributed by atoms with Crippen LogP contribution in [0.15, 0.2) is 265 Å². The normalized spacial score (nSPS) is 12.7. The van der Waals surface area contributed by atoms with Gasteiger partial charge in [-0.15, -0.1) is 11.3 Å². The number of thiophene rings is 1. The Bertz CT molecular complexity index is 4070. The van der Waals surface area contributed by atoms with E-state index in [2.05, 4.69) is 254 Å². The van der Waals surface area contributed by atoms with Gasteiger partial charge >= 0.3 is 0 Å². The number of fused-ring (bicyclic) bond motifs is 9. The second kappa shape index (κ2) is 16.2. The predicted molar refractivity (Wildman–Crippen MR) is 295 cm³/mol. The monoisotopic (exact) mass is 909 g/mol. The van der Waals surface area contributed by atoms with Gasteiger partial charge in [0.2, 0.25) is 0 Å². The van der Waals surface area contributed by atoms with E-state index in [1.54, 1.807) is 0 Å². The van der Waals surface area contributed by atoms with Crippen molar-refractivity contribution in [3.63, 3.8) is 0 Å². The Kier molecular flexibility index (Phi) is 9.33. The smallest absolute Gasteiger partial charge is 0.136 e. The molecular weight excluding hydrogens is 867 g/mol. The molecule has 2 heterocycles. The Morgan fingerprint density at radius 1 is 0.343 bits per heavy atom. The molecule has 0 bridgehead atoms. The fourth-order valence-corrected chi connectivity index (χ4v) is 12.7. The summed E-state index contributed by atoms with van der Waals surface area (Å²) in [6.45, 7) is 0. The first-order chi connectivity index (χ1) is 34.7. The van der Waals surface area contributed by atoms with Crippen molar-refractivity contribution in [2.75, 3.05) is 4.90 Å². The SMILES string of the molecule is c1ccc(C2(c3ccccc3)c3ccccc3-c3c(N(c4ccc(-c5cccc(-c6cccc7c6sc6ccccc67)c5)cc4)c4ccc(-c5ccc6c(c5)oc5ccccc56)cc4)cccc32)cc1. The molecule has 70 heavy (non-hydrogen) atoms. The summed E-state index contributed by atoms with van der Waals surface area (Å²) in [6.07, 6.45) is 0. The molecule has 14 rings (SSSR count). The molecule has 0 amide bonds. The van der Waals surface area contributed by atoms with Crippen LogP contribution in [0.3, 0.4) is 0 Å². The number of hydrogen-bond acceptors (Lipinski definition) is 3. The van der Waals surface area contributed by atoms with Gasteiger partial charge in [0.1, 0.15) is 11.2 Å². The summed E-state index contributed by atoms with van der Waals surface area (Å²) < 4.78 is 8.98. The van der Waals surface area contributed by atoms with Crippen LogP contribution in [0.25, 0.3) is 86.6 Å². The van der Waals surface area contributed by atoms with Gasteiger partial charge in [-0.3, -0.25) is 0 Å².